The number of aryl methyl sites for hydroxylation is 2. The summed E-state index contributed by atoms with van der Waals surface area (Å²) in [5, 5.41) is 4.54. The van der Waals surface area contributed by atoms with Gasteiger partial charge in [-0.15, -0.1) is 0 Å². The zero-order chi connectivity index (χ0) is 16.2. The molecule has 0 aliphatic carbocycles. The molecule has 1 atom stereocenters. The van der Waals surface area contributed by atoms with E-state index in [0.717, 1.165) is 36.6 Å². The van der Waals surface area contributed by atoms with Crippen LogP contribution in [0.15, 0.2) is 36.4 Å². The summed E-state index contributed by atoms with van der Waals surface area (Å²) in [5.74, 6) is 0.965. The van der Waals surface area contributed by atoms with Crippen molar-refractivity contribution in [1.82, 2.24) is 14.7 Å². The first-order valence-electron chi connectivity index (χ1n) is 8.12. The van der Waals surface area contributed by atoms with E-state index in [0.29, 0.717) is 19.1 Å². The van der Waals surface area contributed by atoms with E-state index in [1.165, 1.54) is 0 Å². The van der Waals surface area contributed by atoms with E-state index in [9.17, 15) is 4.79 Å². The van der Waals surface area contributed by atoms with Crippen LogP contribution in [0.25, 0.3) is 0 Å². The van der Waals surface area contributed by atoms with Crippen molar-refractivity contribution in [3.8, 4) is 5.75 Å². The number of benzene rings is 1. The predicted octanol–water partition coefficient (Wildman–Crippen LogP) is 2.74. The molecule has 1 aliphatic heterocycles. The monoisotopic (exact) mass is 313 g/mol. The van der Waals surface area contributed by atoms with Crippen molar-refractivity contribution in [3.05, 3.63) is 47.8 Å². The third-order valence-electron chi connectivity index (χ3n) is 4.23. The van der Waals surface area contributed by atoms with Gasteiger partial charge in [-0.2, -0.15) is 5.10 Å². The summed E-state index contributed by atoms with van der Waals surface area (Å²) in [7, 11) is 0. The summed E-state index contributed by atoms with van der Waals surface area (Å²) in [6.07, 6.45) is 1.38. The summed E-state index contributed by atoms with van der Waals surface area (Å²) >= 11 is 0. The van der Waals surface area contributed by atoms with E-state index >= 15 is 0 Å². The Morgan fingerprint density at radius 3 is 2.78 bits per heavy atom. The number of ether oxygens (including phenoxy) is 1. The van der Waals surface area contributed by atoms with Gasteiger partial charge in [0, 0.05) is 18.8 Å². The number of hydrogen-bond donors (Lipinski definition) is 0. The van der Waals surface area contributed by atoms with Crippen molar-refractivity contribution in [2.24, 2.45) is 0 Å². The van der Waals surface area contributed by atoms with Crippen molar-refractivity contribution >= 4 is 5.91 Å². The fraction of sp³-hybridized carbons (Fsp3) is 0.444. The van der Waals surface area contributed by atoms with Crippen molar-refractivity contribution in [3.63, 3.8) is 0 Å². The number of para-hydroxylation sites is 1. The first-order chi connectivity index (χ1) is 11.1. The van der Waals surface area contributed by atoms with E-state index < -0.39 is 0 Å². The molecule has 122 valence electrons. The van der Waals surface area contributed by atoms with E-state index in [-0.39, 0.29) is 5.91 Å². The minimum absolute atomic E-state index is 0.157. The van der Waals surface area contributed by atoms with Gasteiger partial charge >= 0.3 is 0 Å². The molecule has 0 N–H and O–H groups in total. The molecule has 1 aromatic heterocycles. The first kappa shape index (κ1) is 15.6. The van der Waals surface area contributed by atoms with Crippen LogP contribution < -0.4 is 4.74 Å². The molecule has 2 aromatic rings. The molecule has 5 nitrogen and oxygen atoms in total. The molecule has 23 heavy (non-hydrogen) atoms. The third kappa shape index (κ3) is 3.73. The topological polar surface area (TPSA) is 47.4 Å². The van der Waals surface area contributed by atoms with Gasteiger partial charge in [0.05, 0.1) is 24.8 Å². The van der Waals surface area contributed by atoms with Crippen molar-refractivity contribution in [2.45, 2.75) is 32.7 Å². The zero-order valence-corrected chi connectivity index (χ0v) is 13.7. The summed E-state index contributed by atoms with van der Waals surface area (Å²) in [6.45, 7) is 6.03. The number of carbonyl (C=O) groups is 1. The molecular formula is C18H23N3O2. The molecule has 1 aromatic carbocycles. The van der Waals surface area contributed by atoms with Crippen LogP contribution in [0, 0.1) is 13.8 Å². The van der Waals surface area contributed by atoms with Gasteiger partial charge in [-0.1, -0.05) is 18.2 Å². The van der Waals surface area contributed by atoms with Gasteiger partial charge in [0.25, 0.3) is 0 Å². The minimum atomic E-state index is 0.157. The number of hydrogen-bond acceptors (Lipinski definition) is 3. The second-order valence-corrected chi connectivity index (χ2v) is 6.07. The van der Waals surface area contributed by atoms with Crippen LogP contribution in [0.5, 0.6) is 5.75 Å². The number of rotatable bonds is 5. The largest absolute Gasteiger partial charge is 0.493 e. The third-order valence-corrected chi connectivity index (χ3v) is 4.23. The molecule has 1 amide bonds. The fourth-order valence-electron chi connectivity index (χ4n) is 3.11. The van der Waals surface area contributed by atoms with Crippen molar-refractivity contribution in [2.75, 3.05) is 19.7 Å². The van der Waals surface area contributed by atoms with E-state index in [4.69, 9.17) is 4.74 Å². The maximum atomic E-state index is 12.3. The molecule has 0 bridgehead atoms. The lowest BCUT2D eigenvalue weighted by molar-refractivity contribution is -0.130. The maximum Gasteiger partial charge on any atom is 0.226 e. The van der Waals surface area contributed by atoms with Crippen LogP contribution in [-0.2, 0) is 4.79 Å². The highest BCUT2D eigenvalue weighted by molar-refractivity contribution is 5.76. The SMILES string of the molecule is Cc1cc(C)n([C@@H]2CCN(C(=O)CCOc3ccccc3)C2)n1. The van der Waals surface area contributed by atoms with Gasteiger partial charge in [0.15, 0.2) is 0 Å². The summed E-state index contributed by atoms with van der Waals surface area (Å²) in [5.41, 5.74) is 2.19. The van der Waals surface area contributed by atoms with Gasteiger partial charge in [-0.05, 0) is 38.5 Å². The van der Waals surface area contributed by atoms with Gasteiger partial charge in [-0.3, -0.25) is 9.48 Å². The van der Waals surface area contributed by atoms with Crippen LogP contribution in [0.4, 0.5) is 0 Å². The normalized spacial score (nSPS) is 17.5. The lowest BCUT2D eigenvalue weighted by atomic mass is 10.2. The Hall–Kier alpha value is -2.30. The van der Waals surface area contributed by atoms with Gasteiger partial charge < -0.3 is 9.64 Å². The predicted molar refractivity (Wildman–Crippen MR) is 88.5 cm³/mol. The standard InChI is InChI=1S/C18H23N3O2/c1-14-12-15(2)21(19-14)16-8-10-20(13-16)18(22)9-11-23-17-6-4-3-5-7-17/h3-7,12,16H,8-11,13H2,1-2H3/t16-/m1/s1. The minimum Gasteiger partial charge on any atom is -0.493 e. The van der Waals surface area contributed by atoms with Crippen LogP contribution in [0.3, 0.4) is 0 Å². The molecule has 2 heterocycles. The van der Waals surface area contributed by atoms with Crippen LogP contribution in [-0.4, -0.2) is 40.3 Å². The molecule has 3 rings (SSSR count). The summed E-state index contributed by atoms with van der Waals surface area (Å²) < 4.78 is 7.66. The Bertz CT molecular complexity index is 666. The Kier molecular flexibility index (Phi) is 4.65. The molecule has 0 spiro atoms. The summed E-state index contributed by atoms with van der Waals surface area (Å²) in [4.78, 5) is 14.2. The number of amides is 1. The van der Waals surface area contributed by atoms with E-state index in [1.54, 1.807) is 0 Å². The van der Waals surface area contributed by atoms with Gasteiger partial charge in [-0.25, -0.2) is 0 Å². The summed E-state index contributed by atoms with van der Waals surface area (Å²) in [6, 6.07) is 12.0. The molecule has 0 unspecified atom stereocenters. The number of carbonyl (C=O) groups excluding carboxylic acids is 1. The van der Waals surface area contributed by atoms with Gasteiger partial charge in [0.1, 0.15) is 5.75 Å². The van der Waals surface area contributed by atoms with Crippen LogP contribution in [0.2, 0.25) is 0 Å². The number of likely N-dealkylation sites (tertiary alicyclic amines) is 1. The number of nitrogens with zero attached hydrogens (tertiary/aromatic N) is 3. The molecule has 1 saturated heterocycles. The Balaban J connectivity index is 1.48. The van der Waals surface area contributed by atoms with Crippen LogP contribution in [0.1, 0.15) is 30.3 Å². The van der Waals surface area contributed by atoms with Crippen LogP contribution >= 0.6 is 0 Å². The average Bonchev–Trinajstić information content (AvgIpc) is 3.14. The zero-order valence-electron chi connectivity index (χ0n) is 13.7. The highest BCUT2D eigenvalue weighted by atomic mass is 16.5. The average molecular weight is 313 g/mol. The highest BCUT2D eigenvalue weighted by Crippen LogP contribution is 2.23. The smallest absolute Gasteiger partial charge is 0.226 e. The highest BCUT2D eigenvalue weighted by Gasteiger charge is 2.28. The maximum absolute atomic E-state index is 12.3. The van der Waals surface area contributed by atoms with E-state index in [1.807, 2.05) is 42.2 Å². The lowest BCUT2D eigenvalue weighted by Gasteiger charge is -2.17. The second-order valence-electron chi connectivity index (χ2n) is 6.07. The second kappa shape index (κ2) is 6.86. The number of aromatic nitrogens is 2. The van der Waals surface area contributed by atoms with Crippen molar-refractivity contribution in [1.29, 1.82) is 0 Å². The molecular weight excluding hydrogens is 290 g/mol. The molecule has 5 heteroatoms. The van der Waals surface area contributed by atoms with Gasteiger partial charge in [0.2, 0.25) is 5.91 Å². The molecule has 0 saturated carbocycles. The molecule has 1 fully saturated rings. The molecule has 0 radical (unpaired) electrons. The Labute approximate surface area is 136 Å². The van der Waals surface area contributed by atoms with E-state index in [2.05, 4.69) is 22.8 Å². The lowest BCUT2D eigenvalue weighted by Crippen LogP contribution is -2.30. The van der Waals surface area contributed by atoms with Crippen molar-refractivity contribution < 1.29 is 9.53 Å². The quantitative estimate of drug-likeness (QED) is 0.853. The Morgan fingerprint density at radius 1 is 1.30 bits per heavy atom. The Morgan fingerprint density at radius 2 is 2.09 bits per heavy atom. The fourth-order valence-corrected chi connectivity index (χ4v) is 3.11. The molecule has 1 aliphatic rings. The first-order valence-corrected chi connectivity index (χ1v) is 8.12.